The Balaban J connectivity index is 2.09. The van der Waals surface area contributed by atoms with Crippen LogP contribution in [0.25, 0.3) is 0 Å². The van der Waals surface area contributed by atoms with Gasteiger partial charge in [-0.3, -0.25) is 4.79 Å². The second-order valence-corrected chi connectivity index (χ2v) is 5.30. The summed E-state index contributed by atoms with van der Waals surface area (Å²) in [6.45, 7) is -0.00394. The number of ether oxygens (including phenoxy) is 2. The van der Waals surface area contributed by atoms with Crippen molar-refractivity contribution in [2.45, 2.75) is 31.3 Å². The molecule has 2 heterocycles. The van der Waals surface area contributed by atoms with E-state index in [4.69, 9.17) is 9.47 Å². The molecule has 2 atom stereocenters. The SMILES string of the molecule is COc1cc2c(cc1OC)[C@H]1CCC(=O)N1[C@H](CO)C2. The van der Waals surface area contributed by atoms with E-state index in [1.807, 2.05) is 17.0 Å². The average Bonchev–Trinajstić information content (AvgIpc) is 2.87. The van der Waals surface area contributed by atoms with E-state index in [1.165, 1.54) is 0 Å². The lowest BCUT2D eigenvalue weighted by Gasteiger charge is -2.38. The lowest BCUT2D eigenvalue weighted by molar-refractivity contribution is -0.132. The normalized spacial score (nSPS) is 24.4. The van der Waals surface area contributed by atoms with Crippen molar-refractivity contribution in [2.75, 3.05) is 20.8 Å². The first-order valence-electron chi connectivity index (χ1n) is 6.86. The molecule has 1 amide bonds. The van der Waals surface area contributed by atoms with Crippen LogP contribution in [0, 0.1) is 0 Å². The highest BCUT2D eigenvalue weighted by Gasteiger charge is 2.41. The van der Waals surface area contributed by atoms with E-state index in [1.54, 1.807) is 14.2 Å². The Morgan fingerprint density at radius 2 is 2.00 bits per heavy atom. The Morgan fingerprint density at radius 1 is 1.30 bits per heavy atom. The first-order valence-corrected chi connectivity index (χ1v) is 6.86. The maximum atomic E-state index is 12.0. The zero-order valence-electron chi connectivity index (χ0n) is 11.8. The van der Waals surface area contributed by atoms with E-state index in [0.29, 0.717) is 24.3 Å². The summed E-state index contributed by atoms with van der Waals surface area (Å²) in [4.78, 5) is 13.9. The zero-order valence-corrected chi connectivity index (χ0v) is 11.8. The van der Waals surface area contributed by atoms with Crippen molar-refractivity contribution in [3.8, 4) is 11.5 Å². The van der Waals surface area contributed by atoms with Crippen LogP contribution in [0.1, 0.15) is 30.0 Å². The van der Waals surface area contributed by atoms with Gasteiger partial charge in [-0.2, -0.15) is 0 Å². The number of carbonyl (C=O) groups is 1. The van der Waals surface area contributed by atoms with Gasteiger partial charge < -0.3 is 19.5 Å². The molecule has 0 spiro atoms. The van der Waals surface area contributed by atoms with Crippen LogP contribution in [-0.4, -0.2) is 42.8 Å². The summed E-state index contributed by atoms with van der Waals surface area (Å²) in [7, 11) is 3.23. The fourth-order valence-electron chi connectivity index (χ4n) is 3.39. The van der Waals surface area contributed by atoms with Gasteiger partial charge in [0.15, 0.2) is 11.5 Å². The van der Waals surface area contributed by atoms with E-state index < -0.39 is 0 Å². The molecule has 2 aliphatic rings. The van der Waals surface area contributed by atoms with Crippen molar-refractivity contribution >= 4 is 5.91 Å². The summed E-state index contributed by atoms with van der Waals surface area (Å²) in [5, 5.41) is 9.56. The quantitative estimate of drug-likeness (QED) is 0.904. The smallest absolute Gasteiger partial charge is 0.223 e. The number of rotatable bonds is 3. The molecule has 1 saturated heterocycles. The number of aliphatic hydroxyl groups is 1. The van der Waals surface area contributed by atoms with E-state index in [2.05, 4.69) is 0 Å². The highest BCUT2D eigenvalue weighted by atomic mass is 16.5. The summed E-state index contributed by atoms with van der Waals surface area (Å²) in [6.07, 6.45) is 2.02. The summed E-state index contributed by atoms with van der Waals surface area (Å²) < 4.78 is 10.7. The molecule has 2 aliphatic heterocycles. The number of methoxy groups -OCH3 is 2. The molecule has 108 valence electrons. The molecule has 5 nitrogen and oxygen atoms in total. The fraction of sp³-hybridized carbons (Fsp3) is 0.533. The molecule has 0 saturated carbocycles. The summed E-state index contributed by atoms with van der Waals surface area (Å²) in [5.74, 6) is 1.52. The maximum absolute atomic E-state index is 12.0. The van der Waals surface area contributed by atoms with Crippen molar-refractivity contribution in [3.63, 3.8) is 0 Å². The molecule has 0 bridgehead atoms. The number of aliphatic hydroxyl groups excluding tert-OH is 1. The summed E-state index contributed by atoms with van der Waals surface area (Å²) in [5.41, 5.74) is 2.26. The van der Waals surface area contributed by atoms with Crippen LogP contribution >= 0.6 is 0 Å². The molecule has 1 N–H and O–H groups in total. The van der Waals surface area contributed by atoms with Crippen LogP contribution in [0.4, 0.5) is 0 Å². The van der Waals surface area contributed by atoms with Gasteiger partial charge >= 0.3 is 0 Å². The van der Waals surface area contributed by atoms with Crippen LogP contribution < -0.4 is 9.47 Å². The van der Waals surface area contributed by atoms with Crippen LogP contribution in [-0.2, 0) is 11.2 Å². The molecule has 0 unspecified atom stereocenters. The number of carbonyl (C=O) groups excluding carboxylic acids is 1. The minimum absolute atomic E-state index is 0.00394. The van der Waals surface area contributed by atoms with Gasteiger partial charge in [0.2, 0.25) is 5.91 Å². The number of benzene rings is 1. The van der Waals surface area contributed by atoms with Crippen molar-refractivity contribution in [1.29, 1.82) is 0 Å². The van der Waals surface area contributed by atoms with Gasteiger partial charge in [0.05, 0.1) is 32.9 Å². The van der Waals surface area contributed by atoms with Gasteiger partial charge in [0, 0.05) is 6.42 Å². The van der Waals surface area contributed by atoms with Crippen molar-refractivity contribution in [2.24, 2.45) is 0 Å². The van der Waals surface area contributed by atoms with Crippen molar-refractivity contribution in [3.05, 3.63) is 23.3 Å². The zero-order chi connectivity index (χ0) is 14.3. The molecular formula is C15H19NO4. The molecule has 1 aromatic carbocycles. The van der Waals surface area contributed by atoms with Gasteiger partial charge in [0.25, 0.3) is 0 Å². The maximum Gasteiger partial charge on any atom is 0.223 e. The molecule has 0 radical (unpaired) electrons. The highest BCUT2D eigenvalue weighted by Crippen LogP contribution is 2.44. The molecule has 1 fully saturated rings. The molecule has 1 aromatic rings. The van der Waals surface area contributed by atoms with Crippen molar-refractivity contribution < 1.29 is 19.4 Å². The van der Waals surface area contributed by atoms with Gasteiger partial charge in [-0.05, 0) is 36.1 Å². The minimum atomic E-state index is -0.124. The van der Waals surface area contributed by atoms with E-state index in [-0.39, 0.29) is 24.6 Å². The number of hydrogen-bond acceptors (Lipinski definition) is 4. The molecule has 0 aliphatic carbocycles. The largest absolute Gasteiger partial charge is 0.493 e. The standard InChI is InChI=1S/C15H19NO4/c1-19-13-6-9-5-10(8-17)16-12(3-4-15(16)18)11(9)7-14(13)20-2/h6-7,10,12,17H,3-5,8H2,1-2H3/t10-,12+/m0/s1. The Kier molecular flexibility index (Phi) is 3.30. The second-order valence-electron chi connectivity index (χ2n) is 5.30. The van der Waals surface area contributed by atoms with Gasteiger partial charge in [-0.1, -0.05) is 0 Å². The third-order valence-corrected chi connectivity index (χ3v) is 4.32. The third-order valence-electron chi connectivity index (χ3n) is 4.32. The number of nitrogens with zero attached hydrogens (tertiary/aromatic N) is 1. The molecule has 20 heavy (non-hydrogen) atoms. The molecule has 5 heteroatoms. The highest BCUT2D eigenvalue weighted by molar-refractivity contribution is 5.80. The Morgan fingerprint density at radius 3 is 2.65 bits per heavy atom. The summed E-state index contributed by atoms with van der Waals surface area (Å²) in [6, 6.07) is 3.87. The van der Waals surface area contributed by atoms with Crippen LogP contribution in [0.3, 0.4) is 0 Å². The Labute approximate surface area is 118 Å². The summed E-state index contributed by atoms with van der Waals surface area (Å²) >= 11 is 0. The van der Waals surface area contributed by atoms with Crippen LogP contribution in [0.5, 0.6) is 11.5 Å². The Bertz CT molecular complexity index is 543. The van der Waals surface area contributed by atoms with Gasteiger partial charge in [-0.15, -0.1) is 0 Å². The lowest BCUT2D eigenvalue weighted by Crippen LogP contribution is -2.45. The number of amides is 1. The van der Waals surface area contributed by atoms with E-state index in [9.17, 15) is 9.90 Å². The number of fused-ring (bicyclic) bond motifs is 3. The topological polar surface area (TPSA) is 59.0 Å². The first-order chi connectivity index (χ1) is 9.69. The second kappa shape index (κ2) is 4.98. The molecule has 0 aromatic heterocycles. The first kappa shape index (κ1) is 13.2. The predicted molar refractivity (Wildman–Crippen MR) is 72.9 cm³/mol. The average molecular weight is 277 g/mol. The lowest BCUT2D eigenvalue weighted by atomic mass is 9.88. The predicted octanol–water partition coefficient (Wildman–Crippen LogP) is 1.28. The monoisotopic (exact) mass is 277 g/mol. The van der Waals surface area contributed by atoms with Crippen molar-refractivity contribution in [1.82, 2.24) is 4.90 Å². The molecule has 3 rings (SSSR count). The van der Waals surface area contributed by atoms with E-state index >= 15 is 0 Å². The van der Waals surface area contributed by atoms with Crippen LogP contribution in [0.2, 0.25) is 0 Å². The van der Waals surface area contributed by atoms with E-state index in [0.717, 1.165) is 17.5 Å². The number of hydrogen-bond donors (Lipinski definition) is 1. The van der Waals surface area contributed by atoms with Crippen LogP contribution in [0.15, 0.2) is 12.1 Å². The van der Waals surface area contributed by atoms with Gasteiger partial charge in [-0.25, -0.2) is 0 Å². The molecular weight excluding hydrogens is 258 g/mol. The fourth-order valence-corrected chi connectivity index (χ4v) is 3.39. The minimum Gasteiger partial charge on any atom is -0.493 e. The third kappa shape index (κ3) is 1.85. The Hall–Kier alpha value is -1.75. The van der Waals surface area contributed by atoms with Gasteiger partial charge in [0.1, 0.15) is 0 Å².